The Hall–Kier alpha value is -3.83. The van der Waals surface area contributed by atoms with E-state index < -0.39 is 12.1 Å². The Kier molecular flexibility index (Phi) is 7.45. The van der Waals surface area contributed by atoms with E-state index >= 15 is 0 Å². The van der Waals surface area contributed by atoms with Crippen molar-refractivity contribution in [2.75, 3.05) is 32.8 Å². The average Bonchev–Trinajstić information content (AvgIpc) is 3.18. The molecule has 0 atom stereocenters. The lowest BCUT2D eigenvalue weighted by Crippen LogP contribution is -2.40. The molecule has 2 aromatic rings. The van der Waals surface area contributed by atoms with Gasteiger partial charge in [-0.05, 0) is 41.0 Å². The first-order chi connectivity index (χ1) is 16.5. The molecule has 34 heavy (non-hydrogen) atoms. The van der Waals surface area contributed by atoms with Crippen molar-refractivity contribution in [3.8, 4) is 23.0 Å². The van der Waals surface area contributed by atoms with Gasteiger partial charge in [0.1, 0.15) is 13.2 Å². The standard InChI is InChI=1S/C26H26N2O6/c29-24(28-14-11-18(12-15-28)33-17-25(30)31)10-5-13-27-26(32)34-16-23-21-8-3-1-6-19(21)20-7-2-4-9-22(20)23/h1-4,6-9,18,23H,11-17H2,(H,27,32)(H,30,31). The molecule has 0 aromatic heterocycles. The SMILES string of the molecule is O=C(O)COC1CCN(C(=O)C#CCNC(=O)OCC2c3ccccc3-c3ccccc32)CC1. The summed E-state index contributed by atoms with van der Waals surface area (Å²) < 4.78 is 10.7. The van der Waals surface area contributed by atoms with E-state index in [4.69, 9.17) is 14.6 Å². The number of carbonyl (C=O) groups excluding carboxylic acids is 2. The van der Waals surface area contributed by atoms with Gasteiger partial charge in [-0.15, -0.1) is 0 Å². The molecule has 0 spiro atoms. The fourth-order valence-corrected chi connectivity index (χ4v) is 4.38. The van der Waals surface area contributed by atoms with Gasteiger partial charge >= 0.3 is 12.1 Å². The molecule has 1 aliphatic carbocycles. The van der Waals surface area contributed by atoms with Crippen molar-refractivity contribution in [2.24, 2.45) is 0 Å². The number of fused-ring (bicyclic) bond motifs is 3. The molecular weight excluding hydrogens is 436 g/mol. The molecule has 2 aromatic carbocycles. The van der Waals surface area contributed by atoms with Crippen LogP contribution in [0.2, 0.25) is 0 Å². The molecule has 8 nitrogen and oxygen atoms in total. The van der Waals surface area contributed by atoms with Crippen molar-refractivity contribution >= 4 is 18.0 Å². The normalized spacial score (nSPS) is 15.0. The molecular formula is C26H26N2O6. The number of alkyl carbamates (subject to hydrolysis) is 1. The van der Waals surface area contributed by atoms with Crippen LogP contribution >= 0.6 is 0 Å². The second-order valence-corrected chi connectivity index (χ2v) is 8.18. The summed E-state index contributed by atoms with van der Waals surface area (Å²) in [6.45, 7) is 0.793. The molecule has 0 radical (unpaired) electrons. The lowest BCUT2D eigenvalue weighted by atomic mass is 9.98. The van der Waals surface area contributed by atoms with Gasteiger partial charge in [-0.25, -0.2) is 9.59 Å². The van der Waals surface area contributed by atoms with Crippen LogP contribution in [0.5, 0.6) is 0 Å². The quantitative estimate of drug-likeness (QED) is 0.640. The van der Waals surface area contributed by atoms with Crippen molar-refractivity contribution < 1.29 is 29.0 Å². The summed E-state index contributed by atoms with van der Waals surface area (Å²) >= 11 is 0. The maximum absolute atomic E-state index is 12.2. The van der Waals surface area contributed by atoms with Gasteiger partial charge in [-0.2, -0.15) is 0 Å². The summed E-state index contributed by atoms with van der Waals surface area (Å²) in [5.74, 6) is 3.84. The topological polar surface area (TPSA) is 105 Å². The van der Waals surface area contributed by atoms with Crippen molar-refractivity contribution in [3.63, 3.8) is 0 Å². The van der Waals surface area contributed by atoms with E-state index in [0.717, 1.165) is 22.3 Å². The number of rotatable bonds is 6. The predicted octanol–water partition coefficient (Wildman–Crippen LogP) is 2.62. The van der Waals surface area contributed by atoms with Crippen LogP contribution in [0.15, 0.2) is 48.5 Å². The Balaban J connectivity index is 1.20. The first kappa shape index (κ1) is 23.3. The van der Waals surface area contributed by atoms with Gasteiger partial charge < -0.3 is 24.8 Å². The van der Waals surface area contributed by atoms with Crippen LogP contribution in [0.4, 0.5) is 4.79 Å². The molecule has 1 aliphatic heterocycles. The van der Waals surface area contributed by atoms with Crippen LogP contribution in [-0.2, 0) is 19.1 Å². The summed E-state index contributed by atoms with van der Waals surface area (Å²) in [6.07, 6.45) is 0.389. The first-order valence-electron chi connectivity index (χ1n) is 11.2. The first-order valence-corrected chi connectivity index (χ1v) is 11.2. The summed E-state index contributed by atoms with van der Waals surface area (Å²) in [7, 11) is 0. The minimum Gasteiger partial charge on any atom is -0.480 e. The lowest BCUT2D eigenvalue weighted by Gasteiger charge is -2.30. The van der Waals surface area contributed by atoms with Crippen LogP contribution in [0.25, 0.3) is 11.1 Å². The number of amides is 2. The lowest BCUT2D eigenvalue weighted by molar-refractivity contribution is -0.146. The Labute approximate surface area is 197 Å². The second kappa shape index (κ2) is 10.9. The molecule has 8 heteroatoms. The smallest absolute Gasteiger partial charge is 0.407 e. The summed E-state index contributed by atoms with van der Waals surface area (Å²) in [5.41, 5.74) is 4.60. The maximum Gasteiger partial charge on any atom is 0.407 e. The Bertz CT molecular complexity index is 1080. The molecule has 0 saturated carbocycles. The highest BCUT2D eigenvalue weighted by molar-refractivity contribution is 5.93. The average molecular weight is 463 g/mol. The number of nitrogens with zero attached hydrogens (tertiary/aromatic N) is 1. The minimum absolute atomic E-state index is 0.000597. The fraction of sp³-hybridized carbons (Fsp3) is 0.346. The summed E-state index contributed by atoms with van der Waals surface area (Å²) in [4.78, 5) is 36.6. The van der Waals surface area contributed by atoms with Crippen LogP contribution in [0.3, 0.4) is 0 Å². The highest BCUT2D eigenvalue weighted by Crippen LogP contribution is 2.44. The molecule has 176 valence electrons. The molecule has 0 unspecified atom stereocenters. The molecule has 1 heterocycles. The zero-order valence-electron chi connectivity index (χ0n) is 18.7. The molecule has 2 amide bonds. The van der Waals surface area contributed by atoms with Crippen LogP contribution in [0, 0.1) is 11.8 Å². The minimum atomic E-state index is -1.01. The largest absolute Gasteiger partial charge is 0.480 e. The molecule has 4 rings (SSSR count). The van der Waals surface area contributed by atoms with E-state index in [2.05, 4.69) is 41.4 Å². The Morgan fingerprint density at radius 3 is 2.24 bits per heavy atom. The molecule has 2 aliphatic rings. The third-order valence-corrected chi connectivity index (χ3v) is 6.03. The number of carbonyl (C=O) groups is 3. The van der Waals surface area contributed by atoms with Crippen LogP contribution < -0.4 is 5.32 Å². The Morgan fingerprint density at radius 1 is 1.00 bits per heavy atom. The van der Waals surface area contributed by atoms with Gasteiger partial charge in [0.05, 0.1) is 12.6 Å². The number of carboxylic acids is 1. The number of nitrogens with one attached hydrogen (secondary N) is 1. The second-order valence-electron chi connectivity index (χ2n) is 8.18. The van der Waals surface area contributed by atoms with Crippen molar-refractivity contribution in [1.82, 2.24) is 10.2 Å². The number of hydrogen-bond donors (Lipinski definition) is 2. The van der Waals surface area contributed by atoms with E-state index in [1.165, 1.54) is 0 Å². The summed E-state index contributed by atoms with van der Waals surface area (Å²) in [6, 6.07) is 16.2. The van der Waals surface area contributed by atoms with Crippen molar-refractivity contribution in [3.05, 3.63) is 59.7 Å². The zero-order chi connectivity index (χ0) is 23.9. The van der Waals surface area contributed by atoms with E-state index in [1.807, 2.05) is 24.3 Å². The highest BCUT2D eigenvalue weighted by atomic mass is 16.5. The number of likely N-dealkylation sites (tertiary alicyclic amines) is 1. The monoisotopic (exact) mass is 462 g/mol. The summed E-state index contributed by atoms with van der Waals surface area (Å²) in [5, 5.41) is 11.2. The molecule has 1 fully saturated rings. The zero-order valence-corrected chi connectivity index (χ0v) is 18.7. The van der Waals surface area contributed by atoms with Crippen molar-refractivity contribution in [1.29, 1.82) is 0 Å². The number of hydrogen-bond acceptors (Lipinski definition) is 5. The van der Waals surface area contributed by atoms with Crippen LogP contribution in [-0.4, -0.2) is 66.9 Å². The fourth-order valence-electron chi connectivity index (χ4n) is 4.38. The number of benzene rings is 2. The van der Waals surface area contributed by atoms with E-state index in [9.17, 15) is 14.4 Å². The van der Waals surface area contributed by atoms with E-state index in [0.29, 0.717) is 25.9 Å². The van der Waals surface area contributed by atoms with Gasteiger partial charge in [0.2, 0.25) is 0 Å². The van der Waals surface area contributed by atoms with Crippen LogP contribution in [0.1, 0.15) is 29.9 Å². The van der Waals surface area contributed by atoms with Crippen molar-refractivity contribution in [2.45, 2.75) is 24.9 Å². The van der Waals surface area contributed by atoms with Gasteiger partial charge in [-0.3, -0.25) is 4.79 Å². The van der Waals surface area contributed by atoms with E-state index in [1.54, 1.807) is 4.90 Å². The van der Waals surface area contributed by atoms with Gasteiger partial charge in [0.15, 0.2) is 0 Å². The number of aliphatic carboxylic acids is 1. The third kappa shape index (κ3) is 5.56. The molecule has 2 N–H and O–H groups in total. The predicted molar refractivity (Wildman–Crippen MR) is 124 cm³/mol. The number of piperidine rings is 1. The highest BCUT2D eigenvalue weighted by Gasteiger charge is 2.29. The van der Waals surface area contributed by atoms with Gasteiger partial charge in [0.25, 0.3) is 5.91 Å². The molecule has 0 bridgehead atoms. The van der Waals surface area contributed by atoms with Gasteiger partial charge in [0, 0.05) is 19.0 Å². The third-order valence-electron chi connectivity index (χ3n) is 6.03. The molecule has 1 saturated heterocycles. The Morgan fingerprint density at radius 2 is 1.62 bits per heavy atom. The number of carboxylic acid groups (broad SMARTS) is 1. The number of ether oxygens (including phenoxy) is 2. The van der Waals surface area contributed by atoms with Gasteiger partial charge in [-0.1, -0.05) is 54.5 Å². The maximum atomic E-state index is 12.2. The van der Waals surface area contributed by atoms with E-state index in [-0.39, 0.29) is 37.7 Å².